The molecular weight excluding hydrogens is 296 g/mol. The molecule has 22 heavy (non-hydrogen) atoms. The first-order valence-electron chi connectivity index (χ1n) is 7.67. The molecule has 0 fully saturated rings. The first-order chi connectivity index (χ1) is 10.6. The summed E-state index contributed by atoms with van der Waals surface area (Å²) in [6.07, 6.45) is 5.05. The van der Waals surface area contributed by atoms with Gasteiger partial charge in [0, 0.05) is 18.9 Å². The molecule has 0 N–H and O–H groups in total. The Morgan fingerprint density at radius 1 is 1.36 bits per heavy atom. The van der Waals surface area contributed by atoms with E-state index in [1.165, 1.54) is 18.1 Å². The van der Waals surface area contributed by atoms with Gasteiger partial charge in [0.15, 0.2) is 0 Å². The quantitative estimate of drug-likeness (QED) is 0.457. The van der Waals surface area contributed by atoms with Crippen molar-refractivity contribution in [3.63, 3.8) is 0 Å². The second kappa shape index (κ2) is 10.2. The van der Waals surface area contributed by atoms with Crippen molar-refractivity contribution in [1.29, 1.82) is 0 Å². The van der Waals surface area contributed by atoms with E-state index in [2.05, 4.69) is 25.6 Å². The molecule has 3 heteroatoms. The third-order valence-electron chi connectivity index (χ3n) is 3.70. The standard InChI is InChI=1S/C19H25ClO2/c1-4-8-19(22-16(3)21)15(2)11-12-18(14-20)13-17-9-6-5-7-10-17/h4-7,9-10,14-15,19H,1,8,11-13H2,2-3H3/b18-14+/t15-,19+/m1/s1. The Labute approximate surface area is 138 Å². The smallest absolute Gasteiger partial charge is 0.302 e. The number of allylic oxidation sites excluding steroid dienone is 1. The molecule has 0 heterocycles. The van der Waals surface area contributed by atoms with Gasteiger partial charge >= 0.3 is 5.97 Å². The summed E-state index contributed by atoms with van der Waals surface area (Å²) in [7, 11) is 0. The average Bonchev–Trinajstić information content (AvgIpc) is 2.51. The molecule has 0 spiro atoms. The van der Waals surface area contributed by atoms with Crippen molar-refractivity contribution in [3.8, 4) is 0 Å². The fraction of sp³-hybridized carbons (Fsp3) is 0.421. The monoisotopic (exact) mass is 320 g/mol. The van der Waals surface area contributed by atoms with E-state index in [0.717, 1.165) is 19.3 Å². The number of halogens is 1. The van der Waals surface area contributed by atoms with Crippen molar-refractivity contribution in [1.82, 2.24) is 0 Å². The maximum absolute atomic E-state index is 11.2. The van der Waals surface area contributed by atoms with Gasteiger partial charge in [-0.05, 0) is 30.7 Å². The summed E-state index contributed by atoms with van der Waals surface area (Å²) in [5.41, 5.74) is 4.12. The summed E-state index contributed by atoms with van der Waals surface area (Å²) >= 11 is 5.96. The van der Waals surface area contributed by atoms with Gasteiger partial charge in [-0.15, -0.1) is 6.58 Å². The van der Waals surface area contributed by atoms with Gasteiger partial charge in [0.05, 0.1) is 0 Å². The molecule has 0 aliphatic heterocycles. The topological polar surface area (TPSA) is 26.3 Å². The summed E-state index contributed by atoms with van der Waals surface area (Å²) in [4.78, 5) is 11.2. The van der Waals surface area contributed by atoms with Crippen LogP contribution >= 0.6 is 11.6 Å². The lowest BCUT2D eigenvalue weighted by molar-refractivity contribution is -0.148. The molecule has 0 aliphatic carbocycles. The Morgan fingerprint density at radius 3 is 2.59 bits per heavy atom. The lowest BCUT2D eigenvalue weighted by Crippen LogP contribution is -2.23. The van der Waals surface area contributed by atoms with Gasteiger partial charge in [-0.1, -0.05) is 60.5 Å². The third-order valence-corrected chi connectivity index (χ3v) is 4.01. The van der Waals surface area contributed by atoms with Crippen molar-refractivity contribution in [2.75, 3.05) is 0 Å². The second-order valence-electron chi connectivity index (χ2n) is 5.62. The van der Waals surface area contributed by atoms with Crippen LogP contribution in [0.3, 0.4) is 0 Å². The van der Waals surface area contributed by atoms with Crippen molar-refractivity contribution >= 4 is 17.6 Å². The second-order valence-corrected chi connectivity index (χ2v) is 5.84. The summed E-state index contributed by atoms with van der Waals surface area (Å²) in [6.45, 7) is 7.28. The number of benzene rings is 1. The van der Waals surface area contributed by atoms with Crippen LogP contribution in [0, 0.1) is 5.92 Å². The molecule has 0 aliphatic rings. The summed E-state index contributed by atoms with van der Waals surface area (Å²) < 4.78 is 5.37. The van der Waals surface area contributed by atoms with E-state index in [9.17, 15) is 4.79 Å². The molecule has 1 aromatic rings. The van der Waals surface area contributed by atoms with Gasteiger partial charge in [-0.25, -0.2) is 0 Å². The lowest BCUT2D eigenvalue weighted by Gasteiger charge is -2.23. The van der Waals surface area contributed by atoms with Crippen LogP contribution in [0.2, 0.25) is 0 Å². The molecule has 2 atom stereocenters. The summed E-state index contributed by atoms with van der Waals surface area (Å²) in [5, 5.41) is 0. The maximum atomic E-state index is 11.2. The molecule has 1 rings (SSSR count). The molecule has 120 valence electrons. The molecule has 0 amide bonds. The minimum Gasteiger partial charge on any atom is -0.462 e. The number of rotatable bonds is 9. The maximum Gasteiger partial charge on any atom is 0.302 e. The van der Waals surface area contributed by atoms with Gasteiger partial charge in [-0.3, -0.25) is 4.79 Å². The highest BCUT2D eigenvalue weighted by Gasteiger charge is 2.19. The van der Waals surface area contributed by atoms with Crippen molar-refractivity contribution in [3.05, 3.63) is 59.7 Å². The van der Waals surface area contributed by atoms with E-state index in [4.69, 9.17) is 16.3 Å². The number of hydrogen-bond acceptors (Lipinski definition) is 2. The number of carbonyl (C=O) groups excluding carboxylic acids is 1. The highest BCUT2D eigenvalue weighted by atomic mass is 35.5. The molecule has 1 aromatic carbocycles. The van der Waals surface area contributed by atoms with Crippen molar-refractivity contribution < 1.29 is 9.53 Å². The minimum absolute atomic E-state index is 0.108. The Bertz CT molecular complexity index is 493. The molecule has 0 unspecified atom stereocenters. The van der Waals surface area contributed by atoms with Crippen LogP contribution in [0.1, 0.15) is 38.7 Å². The molecular formula is C19H25ClO2. The van der Waals surface area contributed by atoms with Crippen molar-refractivity contribution in [2.24, 2.45) is 5.92 Å². The van der Waals surface area contributed by atoms with E-state index < -0.39 is 0 Å². The summed E-state index contributed by atoms with van der Waals surface area (Å²) in [6, 6.07) is 10.3. The van der Waals surface area contributed by atoms with Gasteiger partial charge in [0.25, 0.3) is 0 Å². The van der Waals surface area contributed by atoms with Gasteiger partial charge in [0.1, 0.15) is 6.10 Å². The molecule has 0 radical (unpaired) electrons. The number of esters is 1. The normalized spacial score (nSPS) is 14.2. The van der Waals surface area contributed by atoms with E-state index in [0.29, 0.717) is 6.42 Å². The minimum atomic E-state index is -0.240. The SMILES string of the molecule is C=CC[C@H](OC(C)=O)[C@H](C)CC/C(=C\Cl)Cc1ccccc1. The first kappa shape index (κ1) is 18.5. The predicted octanol–water partition coefficient (Wildman–Crippen LogP) is 5.28. The molecule has 0 saturated carbocycles. The third kappa shape index (κ3) is 6.95. The molecule has 2 nitrogen and oxygen atoms in total. The Kier molecular flexibility index (Phi) is 8.61. The van der Waals surface area contributed by atoms with E-state index in [1.54, 1.807) is 11.6 Å². The largest absolute Gasteiger partial charge is 0.462 e. The van der Waals surface area contributed by atoms with Crippen LogP contribution in [0.5, 0.6) is 0 Å². The zero-order chi connectivity index (χ0) is 16.4. The van der Waals surface area contributed by atoms with Crippen LogP contribution in [0.15, 0.2) is 54.1 Å². The zero-order valence-electron chi connectivity index (χ0n) is 13.4. The molecule has 0 bridgehead atoms. The van der Waals surface area contributed by atoms with Crippen LogP contribution in [-0.2, 0) is 16.0 Å². The fourth-order valence-electron chi connectivity index (χ4n) is 2.41. The number of ether oxygens (including phenoxy) is 1. The van der Waals surface area contributed by atoms with Crippen LogP contribution in [0.4, 0.5) is 0 Å². The van der Waals surface area contributed by atoms with Gasteiger partial charge in [0.2, 0.25) is 0 Å². The highest BCUT2D eigenvalue weighted by molar-refractivity contribution is 6.25. The van der Waals surface area contributed by atoms with E-state index >= 15 is 0 Å². The van der Waals surface area contributed by atoms with Crippen LogP contribution < -0.4 is 0 Å². The molecule has 0 aromatic heterocycles. The van der Waals surface area contributed by atoms with Gasteiger partial charge < -0.3 is 4.74 Å². The van der Waals surface area contributed by atoms with Crippen molar-refractivity contribution in [2.45, 2.75) is 45.6 Å². The number of carbonyl (C=O) groups is 1. The lowest BCUT2D eigenvalue weighted by atomic mass is 9.92. The molecule has 0 saturated heterocycles. The highest BCUT2D eigenvalue weighted by Crippen LogP contribution is 2.22. The fourth-order valence-corrected chi connectivity index (χ4v) is 2.60. The number of hydrogen-bond donors (Lipinski definition) is 0. The van der Waals surface area contributed by atoms with Gasteiger partial charge in [-0.2, -0.15) is 0 Å². The predicted molar refractivity (Wildman–Crippen MR) is 92.8 cm³/mol. The Morgan fingerprint density at radius 2 is 2.05 bits per heavy atom. The zero-order valence-corrected chi connectivity index (χ0v) is 14.2. The van der Waals surface area contributed by atoms with E-state index in [-0.39, 0.29) is 18.0 Å². The Balaban J connectivity index is 2.53. The summed E-state index contributed by atoms with van der Waals surface area (Å²) in [5.74, 6) is 0.0281. The first-order valence-corrected chi connectivity index (χ1v) is 8.10. The van der Waals surface area contributed by atoms with Crippen LogP contribution in [0.25, 0.3) is 0 Å². The Hall–Kier alpha value is -1.54. The van der Waals surface area contributed by atoms with Crippen LogP contribution in [-0.4, -0.2) is 12.1 Å². The average molecular weight is 321 g/mol. The van der Waals surface area contributed by atoms with E-state index in [1.807, 2.05) is 18.2 Å².